The summed E-state index contributed by atoms with van der Waals surface area (Å²) >= 11 is 0. The maximum Gasteiger partial charge on any atom is 0.325 e. The van der Waals surface area contributed by atoms with Gasteiger partial charge in [-0.25, -0.2) is 4.79 Å². The summed E-state index contributed by atoms with van der Waals surface area (Å²) in [6.07, 6.45) is 0. The van der Waals surface area contributed by atoms with Crippen molar-refractivity contribution in [2.45, 2.75) is 19.9 Å². The number of urea groups is 1. The van der Waals surface area contributed by atoms with E-state index in [0.29, 0.717) is 5.56 Å². The van der Waals surface area contributed by atoms with Gasteiger partial charge in [-0.3, -0.25) is 19.7 Å². The summed E-state index contributed by atoms with van der Waals surface area (Å²) in [6.45, 7) is 2.49. The molecule has 1 aromatic rings. The molecule has 0 aliphatic heterocycles. The molecule has 0 radical (unpaired) electrons. The van der Waals surface area contributed by atoms with Crippen molar-refractivity contribution in [3.8, 4) is 0 Å². The van der Waals surface area contributed by atoms with E-state index in [1.165, 1.54) is 0 Å². The Hall–Kier alpha value is -2.90. The molecule has 124 valence electrons. The highest BCUT2D eigenvalue weighted by atomic mass is 16.5. The fourth-order valence-corrected chi connectivity index (χ4v) is 1.50. The largest absolute Gasteiger partial charge is 0.454 e. The molecule has 4 amide bonds. The Morgan fingerprint density at radius 3 is 2.35 bits per heavy atom. The lowest BCUT2D eigenvalue weighted by Gasteiger charge is -2.09. The van der Waals surface area contributed by atoms with Crippen molar-refractivity contribution in [1.29, 1.82) is 0 Å². The van der Waals surface area contributed by atoms with Gasteiger partial charge in [0, 0.05) is 11.6 Å². The number of esters is 1. The van der Waals surface area contributed by atoms with Crippen LogP contribution >= 0.6 is 0 Å². The van der Waals surface area contributed by atoms with Crippen LogP contribution in [0.1, 0.15) is 24.2 Å². The van der Waals surface area contributed by atoms with Gasteiger partial charge in [0.1, 0.15) is 6.54 Å². The molecule has 23 heavy (non-hydrogen) atoms. The van der Waals surface area contributed by atoms with Crippen LogP contribution in [0.5, 0.6) is 0 Å². The first-order valence-electron chi connectivity index (χ1n) is 6.97. The molecule has 1 rings (SSSR count). The number of carbonyl (C=O) groups is 4. The van der Waals surface area contributed by atoms with Gasteiger partial charge in [-0.15, -0.1) is 0 Å². The summed E-state index contributed by atoms with van der Waals surface area (Å²) in [5.41, 5.74) is 0.406. The molecule has 8 nitrogen and oxygen atoms in total. The van der Waals surface area contributed by atoms with E-state index >= 15 is 0 Å². The van der Waals surface area contributed by atoms with Gasteiger partial charge in [0.2, 0.25) is 0 Å². The molecule has 0 saturated carbocycles. The topological polar surface area (TPSA) is 114 Å². The number of benzene rings is 1. The van der Waals surface area contributed by atoms with E-state index < -0.39 is 30.4 Å². The molecule has 0 spiro atoms. The van der Waals surface area contributed by atoms with Crippen molar-refractivity contribution in [3.63, 3.8) is 0 Å². The van der Waals surface area contributed by atoms with E-state index in [1.54, 1.807) is 44.2 Å². The van der Waals surface area contributed by atoms with E-state index in [1.807, 2.05) is 5.32 Å². The smallest absolute Gasteiger partial charge is 0.325 e. The van der Waals surface area contributed by atoms with E-state index in [0.717, 1.165) is 0 Å². The molecule has 0 atom stereocenters. The van der Waals surface area contributed by atoms with Crippen LogP contribution in [0, 0.1) is 0 Å². The zero-order valence-corrected chi connectivity index (χ0v) is 12.9. The Labute approximate surface area is 133 Å². The van der Waals surface area contributed by atoms with Crippen LogP contribution in [0.4, 0.5) is 4.79 Å². The summed E-state index contributed by atoms with van der Waals surface area (Å²) < 4.78 is 4.65. The number of hydrogen-bond acceptors (Lipinski definition) is 5. The number of nitrogens with one attached hydrogen (secondary N) is 3. The first kappa shape index (κ1) is 18.1. The summed E-state index contributed by atoms with van der Waals surface area (Å²) in [6, 6.07) is 7.55. The zero-order valence-electron chi connectivity index (χ0n) is 12.9. The van der Waals surface area contributed by atoms with Gasteiger partial charge in [-0.2, -0.15) is 0 Å². The number of hydrogen-bond donors (Lipinski definition) is 3. The van der Waals surface area contributed by atoms with Gasteiger partial charge in [0.05, 0.1) is 0 Å². The Morgan fingerprint density at radius 2 is 1.74 bits per heavy atom. The molecular weight excluding hydrogens is 302 g/mol. The third kappa shape index (κ3) is 7.60. The number of ether oxygens (including phenoxy) is 1. The summed E-state index contributed by atoms with van der Waals surface area (Å²) in [7, 11) is 0. The van der Waals surface area contributed by atoms with E-state index in [2.05, 4.69) is 15.4 Å². The Kier molecular flexibility index (Phi) is 7.25. The van der Waals surface area contributed by atoms with Crippen molar-refractivity contribution < 1.29 is 23.9 Å². The predicted molar refractivity (Wildman–Crippen MR) is 81.5 cm³/mol. The highest BCUT2D eigenvalue weighted by Crippen LogP contribution is 1.97. The highest BCUT2D eigenvalue weighted by Gasteiger charge is 2.12. The number of amides is 4. The molecule has 1 aromatic carbocycles. The minimum absolute atomic E-state index is 0.126. The fraction of sp³-hybridized carbons (Fsp3) is 0.333. The summed E-state index contributed by atoms with van der Waals surface area (Å²) in [5, 5.41) is 6.82. The van der Waals surface area contributed by atoms with Crippen molar-refractivity contribution in [2.24, 2.45) is 0 Å². The second kappa shape index (κ2) is 9.19. The Balaban J connectivity index is 2.25. The standard InChI is InChI=1S/C15H19N3O5/c1-10(2)17-15(22)18-12(19)9-23-13(20)8-16-14(21)11-6-4-3-5-7-11/h3-7,10H,8-9H2,1-2H3,(H,16,21)(H2,17,18,19,22). The lowest BCUT2D eigenvalue weighted by molar-refractivity contribution is -0.147. The van der Waals surface area contributed by atoms with Gasteiger partial charge in [0.15, 0.2) is 6.61 Å². The highest BCUT2D eigenvalue weighted by molar-refractivity contribution is 5.97. The molecule has 0 saturated heterocycles. The molecule has 0 bridgehead atoms. The van der Waals surface area contributed by atoms with E-state index in [-0.39, 0.29) is 12.6 Å². The summed E-state index contributed by atoms with van der Waals surface area (Å²) in [5.74, 6) is -1.97. The molecular formula is C15H19N3O5. The van der Waals surface area contributed by atoms with Gasteiger partial charge < -0.3 is 15.4 Å². The van der Waals surface area contributed by atoms with E-state index in [4.69, 9.17) is 0 Å². The second-order valence-corrected chi connectivity index (χ2v) is 4.89. The van der Waals surface area contributed by atoms with Crippen LogP contribution in [0.3, 0.4) is 0 Å². The number of imide groups is 1. The SMILES string of the molecule is CC(C)NC(=O)NC(=O)COC(=O)CNC(=O)c1ccccc1. The molecule has 0 aliphatic rings. The Bertz CT molecular complexity index is 572. The lowest BCUT2D eigenvalue weighted by atomic mass is 10.2. The average molecular weight is 321 g/mol. The molecule has 0 heterocycles. The van der Waals surface area contributed by atoms with E-state index in [9.17, 15) is 19.2 Å². The monoisotopic (exact) mass is 321 g/mol. The van der Waals surface area contributed by atoms with Crippen LogP contribution in [0.2, 0.25) is 0 Å². The fourth-order valence-electron chi connectivity index (χ4n) is 1.50. The number of carbonyl (C=O) groups excluding carboxylic acids is 4. The second-order valence-electron chi connectivity index (χ2n) is 4.89. The van der Waals surface area contributed by atoms with Crippen molar-refractivity contribution in [2.75, 3.05) is 13.2 Å². The minimum Gasteiger partial charge on any atom is -0.454 e. The van der Waals surface area contributed by atoms with Crippen LogP contribution in [0.15, 0.2) is 30.3 Å². The van der Waals surface area contributed by atoms with Crippen molar-refractivity contribution in [3.05, 3.63) is 35.9 Å². The third-order valence-corrected chi connectivity index (χ3v) is 2.47. The molecule has 0 aliphatic carbocycles. The minimum atomic E-state index is -0.784. The molecule has 0 aromatic heterocycles. The Morgan fingerprint density at radius 1 is 1.09 bits per heavy atom. The predicted octanol–water partition coefficient (Wildman–Crippen LogP) is 0.194. The van der Waals surface area contributed by atoms with Crippen LogP contribution < -0.4 is 16.0 Å². The molecule has 3 N–H and O–H groups in total. The lowest BCUT2D eigenvalue weighted by Crippen LogP contribution is -2.44. The normalized spacial score (nSPS) is 9.87. The number of rotatable bonds is 6. The van der Waals surface area contributed by atoms with Crippen LogP contribution in [-0.2, 0) is 14.3 Å². The average Bonchev–Trinajstić information content (AvgIpc) is 2.50. The molecule has 0 fully saturated rings. The van der Waals surface area contributed by atoms with Crippen LogP contribution in [-0.4, -0.2) is 43.0 Å². The van der Waals surface area contributed by atoms with Gasteiger partial charge >= 0.3 is 12.0 Å². The molecule has 8 heteroatoms. The first-order chi connectivity index (χ1) is 10.9. The quantitative estimate of drug-likeness (QED) is 0.647. The van der Waals surface area contributed by atoms with Crippen molar-refractivity contribution in [1.82, 2.24) is 16.0 Å². The first-order valence-corrected chi connectivity index (χ1v) is 6.97. The maximum atomic E-state index is 11.7. The third-order valence-electron chi connectivity index (χ3n) is 2.47. The molecule has 0 unspecified atom stereocenters. The van der Waals surface area contributed by atoms with Gasteiger partial charge in [0.25, 0.3) is 11.8 Å². The van der Waals surface area contributed by atoms with Gasteiger partial charge in [-0.1, -0.05) is 18.2 Å². The zero-order chi connectivity index (χ0) is 17.2. The maximum absolute atomic E-state index is 11.7. The van der Waals surface area contributed by atoms with Crippen LogP contribution in [0.25, 0.3) is 0 Å². The summed E-state index contributed by atoms with van der Waals surface area (Å²) in [4.78, 5) is 45.7. The van der Waals surface area contributed by atoms with Gasteiger partial charge in [-0.05, 0) is 26.0 Å². The van der Waals surface area contributed by atoms with Crippen molar-refractivity contribution >= 4 is 23.8 Å².